The van der Waals surface area contributed by atoms with Crippen molar-refractivity contribution in [3.05, 3.63) is 48.5 Å². The Kier molecular flexibility index (Phi) is 2.79. The minimum atomic E-state index is 0.760. The van der Waals surface area contributed by atoms with Crippen molar-refractivity contribution in [2.75, 3.05) is 17.8 Å². The van der Waals surface area contributed by atoms with Crippen LogP contribution in [0.1, 0.15) is 0 Å². The summed E-state index contributed by atoms with van der Waals surface area (Å²) in [6, 6.07) is 15.4. The summed E-state index contributed by atoms with van der Waals surface area (Å²) in [7, 11) is 1.60. The van der Waals surface area contributed by atoms with Crippen LogP contribution in [0.3, 0.4) is 0 Å². The Labute approximate surface area is 94.7 Å². The van der Waals surface area contributed by atoms with Gasteiger partial charge in [0, 0.05) is 12.7 Å². The number of nitrogen functional groups attached to an aromatic ring is 1. The van der Waals surface area contributed by atoms with Crippen LogP contribution in [0.4, 0.5) is 11.4 Å². The molecule has 0 aromatic heterocycles. The molecule has 0 aliphatic rings. The van der Waals surface area contributed by atoms with Gasteiger partial charge in [-0.25, -0.2) is 0 Å². The van der Waals surface area contributed by atoms with Crippen LogP contribution in [-0.4, -0.2) is 12.3 Å². The fourth-order valence-electron chi connectivity index (χ4n) is 1.55. The number of benzene rings is 2. The third kappa shape index (κ3) is 2.15. The molecule has 0 spiro atoms. The highest BCUT2D eigenvalue weighted by Crippen LogP contribution is 2.23. The van der Waals surface area contributed by atoms with Crippen molar-refractivity contribution in [1.29, 1.82) is 0 Å². The van der Waals surface area contributed by atoms with E-state index in [0.717, 1.165) is 27.6 Å². The number of hydroxylamine groups is 1. The van der Waals surface area contributed by atoms with E-state index in [2.05, 4.69) is 0 Å². The molecule has 0 unspecified atom stereocenters. The van der Waals surface area contributed by atoms with E-state index in [1.54, 1.807) is 7.05 Å². The quantitative estimate of drug-likeness (QED) is 0.597. The monoisotopic (exact) mass is 214 g/mol. The van der Waals surface area contributed by atoms with Crippen LogP contribution in [0.25, 0.3) is 11.1 Å². The molecule has 0 atom stereocenters. The maximum atomic E-state index is 9.24. The molecule has 0 bridgehead atoms. The zero-order chi connectivity index (χ0) is 11.5. The summed E-state index contributed by atoms with van der Waals surface area (Å²) in [5, 5.41) is 10.3. The van der Waals surface area contributed by atoms with Crippen LogP contribution in [0.2, 0.25) is 0 Å². The SMILES string of the molecule is CN(O)c1ccc(-c2ccc(N)cc2)cc1. The van der Waals surface area contributed by atoms with Gasteiger partial charge < -0.3 is 5.73 Å². The molecule has 3 nitrogen and oxygen atoms in total. The Hall–Kier alpha value is -2.00. The number of nitrogens with zero attached hydrogens (tertiary/aromatic N) is 1. The Morgan fingerprint density at radius 2 is 1.31 bits per heavy atom. The molecule has 2 rings (SSSR count). The number of rotatable bonds is 2. The molecule has 82 valence electrons. The largest absolute Gasteiger partial charge is 0.399 e. The molecule has 16 heavy (non-hydrogen) atoms. The van der Waals surface area contributed by atoms with Gasteiger partial charge in [-0.05, 0) is 35.4 Å². The van der Waals surface area contributed by atoms with Gasteiger partial charge in [-0.3, -0.25) is 10.3 Å². The van der Waals surface area contributed by atoms with Crippen molar-refractivity contribution < 1.29 is 5.21 Å². The van der Waals surface area contributed by atoms with Gasteiger partial charge in [-0.2, -0.15) is 0 Å². The standard InChI is InChI=1S/C13H14N2O/c1-15(16)13-8-4-11(5-9-13)10-2-6-12(14)7-3-10/h2-9,16H,14H2,1H3. The third-order valence-electron chi connectivity index (χ3n) is 2.48. The first-order valence-electron chi connectivity index (χ1n) is 5.05. The van der Waals surface area contributed by atoms with E-state index in [1.807, 2.05) is 48.5 Å². The van der Waals surface area contributed by atoms with E-state index < -0.39 is 0 Å². The third-order valence-corrected chi connectivity index (χ3v) is 2.48. The normalized spacial score (nSPS) is 10.1. The van der Waals surface area contributed by atoms with Crippen LogP contribution in [0.5, 0.6) is 0 Å². The van der Waals surface area contributed by atoms with Crippen molar-refractivity contribution in [2.24, 2.45) is 0 Å². The zero-order valence-corrected chi connectivity index (χ0v) is 9.09. The van der Waals surface area contributed by atoms with Crippen LogP contribution in [-0.2, 0) is 0 Å². The summed E-state index contributed by atoms with van der Waals surface area (Å²) in [5.41, 5.74) is 9.37. The molecular formula is C13H14N2O. The van der Waals surface area contributed by atoms with E-state index in [0.29, 0.717) is 0 Å². The first kappa shape index (κ1) is 10.5. The van der Waals surface area contributed by atoms with E-state index in [9.17, 15) is 5.21 Å². The molecule has 0 aliphatic heterocycles. The molecule has 0 fully saturated rings. The van der Waals surface area contributed by atoms with Crippen LogP contribution >= 0.6 is 0 Å². The van der Waals surface area contributed by atoms with E-state index in [-0.39, 0.29) is 0 Å². The van der Waals surface area contributed by atoms with E-state index >= 15 is 0 Å². The Morgan fingerprint density at radius 3 is 1.75 bits per heavy atom. The lowest BCUT2D eigenvalue weighted by molar-refractivity contribution is 0.279. The topological polar surface area (TPSA) is 49.5 Å². The summed E-state index contributed by atoms with van der Waals surface area (Å²) in [6.07, 6.45) is 0. The van der Waals surface area contributed by atoms with Gasteiger partial charge in [-0.15, -0.1) is 0 Å². The summed E-state index contributed by atoms with van der Waals surface area (Å²) < 4.78 is 0. The predicted molar refractivity (Wildman–Crippen MR) is 66.5 cm³/mol. The maximum absolute atomic E-state index is 9.24. The Bertz CT molecular complexity index is 460. The molecule has 2 aromatic carbocycles. The summed E-state index contributed by atoms with van der Waals surface area (Å²) in [5.74, 6) is 0. The summed E-state index contributed by atoms with van der Waals surface area (Å²) >= 11 is 0. The molecule has 0 radical (unpaired) electrons. The molecule has 2 aromatic rings. The minimum Gasteiger partial charge on any atom is -0.399 e. The van der Waals surface area contributed by atoms with Gasteiger partial charge in [0.15, 0.2) is 0 Å². The van der Waals surface area contributed by atoms with Gasteiger partial charge in [0.1, 0.15) is 0 Å². The summed E-state index contributed by atoms with van der Waals surface area (Å²) in [4.78, 5) is 0. The number of anilines is 2. The average Bonchev–Trinajstić information content (AvgIpc) is 2.30. The molecule has 3 heteroatoms. The van der Waals surface area contributed by atoms with E-state index in [1.165, 1.54) is 0 Å². The number of hydrogen-bond donors (Lipinski definition) is 2. The smallest absolute Gasteiger partial charge is 0.0631 e. The van der Waals surface area contributed by atoms with Gasteiger partial charge >= 0.3 is 0 Å². The van der Waals surface area contributed by atoms with Crippen molar-refractivity contribution in [3.8, 4) is 11.1 Å². The second kappa shape index (κ2) is 4.24. The maximum Gasteiger partial charge on any atom is 0.0631 e. The van der Waals surface area contributed by atoms with Gasteiger partial charge in [0.2, 0.25) is 0 Å². The van der Waals surface area contributed by atoms with Crippen molar-refractivity contribution in [2.45, 2.75) is 0 Å². The second-order valence-electron chi connectivity index (χ2n) is 3.69. The van der Waals surface area contributed by atoms with Crippen LogP contribution in [0, 0.1) is 0 Å². The predicted octanol–water partition coefficient (Wildman–Crippen LogP) is 2.76. The lowest BCUT2D eigenvalue weighted by atomic mass is 10.1. The zero-order valence-electron chi connectivity index (χ0n) is 9.09. The molecule has 0 amide bonds. The van der Waals surface area contributed by atoms with Crippen molar-refractivity contribution in [1.82, 2.24) is 0 Å². The van der Waals surface area contributed by atoms with Gasteiger partial charge in [0.05, 0.1) is 5.69 Å². The number of hydrogen-bond acceptors (Lipinski definition) is 3. The Morgan fingerprint density at radius 1 is 0.875 bits per heavy atom. The molecule has 0 aliphatic carbocycles. The second-order valence-corrected chi connectivity index (χ2v) is 3.69. The summed E-state index contributed by atoms with van der Waals surface area (Å²) in [6.45, 7) is 0. The lowest BCUT2D eigenvalue weighted by Gasteiger charge is -2.10. The molecule has 0 heterocycles. The Balaban J connectivity index is 2.31. The van der Waals surface area contributed by atoms with Gasteiger partial charge in [-0.1, -0.05) is 24.3 Å². The first-order valence-corrected chi connectivity index (χ1v) is 5.05. The fraction of sp³-hybridized carbons (Fsp3) is 0.0769. The molecule has 0 saturated heterocycles. The highest BCUT2D eigenvalue weighted by molar-refractivity contribution is 5.67. The average molecular weight is 214 g/mol. The van der Waals surface area contributed by atoms with Crippen LogP contribution in [0.15, 0.2) is 48.5 Å². The fourth-order valence-corrected chi connectivity index (χ4v) is 1.55. The van der Waals surface area contributed by atoms with Gasteiger partial charge in [0.25, 0.3) is 0 Å². The molecule has 3 N–H and O–H groups in total. The lowest BCUT2D eigenvalue weighted by Crippen LogP contribution is -2.09. The van der Waals surface area contributed by atoms with Crippen molar-refractivity contribution in [3.63, 3.8) is 0 Å². The molecule has 0 saturated carbocycles. The van der Waals surface area contributed by atoms with E-state index in [4.69, 9.17) is 5.73 Å². The molecular weight excluding hydrogens is 200 g/mol. The van der Waals surface area contributed by atoms with Crippen molar-refractivity contribution >= 4 is 11.4 Å². The highest BCUT2D eigenvalue weighted by Gasteiger charge is 1.99. The first-order chi connectivity index (χ1) is 7.66. The highest BCUT2D eigenvalue weighted by atomic mass is 16.5. The number of nitrogens with two attached hydrogens (primary N) is 1. The van der Waals surface area contributed by atoms with Crippen LogP contribution < -0.4 is 10.8 Å². The minimum absolute atomic E-state index is 0.760.